The highest BCUT2D eigenvalue weighted by Crippen LogP contribution is 2.38. The van der Waals surface area contributed by atoms with E-state index >= 15 is 0 Å². The van der Waals surface area contributed by atoms with Crippen molar-refractivity contribution in [2.45, 2.75) is 64.0 Å². The number of nitrogens with zero attached hydrogens (tertiary/aromatic N) is 1. The summed E-state index contributed by atoms with van der Waals surface area (Å²) in [6.07, 6.45) is 8.38. The second-order valence-corrected chi connectivity index (χ2v) is 6.29. The summed E-state index contributed by atoms with van der Waals surface area (Å²) in [6, 6.07) is 0.765. The third kappa shape index (κ3) is 2.89. The Morgan fingerprint density at radius 2 is 1.94 bits per heavy atom. The van der Waals surface area contributed by atoms with E-state index in [4.69, 9.17) is 10.5 Å². The van der Waals surface area contributed by atoms with Gasteiger partial charge in [0.15, 0.2) is 0 Å². The Labute approximate surface area is 112 Å². The molecular weight excluding hydrogens is 224 g/mol. The monoisotopic (exact) mass is 254 g/mol. The Hall–Kier alpha value is -0.120. The maximum absolute atomic E-state index is 6.08. The molecule has 0 amide bonds. The van der Waals surface area contributed by atoms with Crippen molar-refractivity contribution in [1.29, 1.82) is 0 Å². The van der Waals surface area contributed by atoms with E-state index in [-0.39, 0.29) is 5.54 Å². The quantitative estimate of drug-likeness (QED) is 0.819. The van der Waals surface area contributed by atoms with Gasteiger partial charge in [0, 0.05) is 19.2 Å². The molecular formula is C15H30N2O. The molecule has 1 aliphatic carbocycles. The molecule has 0 bridgehead atoms. The van der Waals surface area contributed by atoms with Gasteiger partial charge in [-0.1, -0.05) is 12.8 Å². The molecule has 18 heavy (non-hydrogen) atoms. The van der Waals surface area contributed by atoms with E-state index in [1.54, 1.807) is 0 Å². The molecule has 1 aliphatic heterocycles. The third-order valence-corrected chi connectivity index (χ3v) is 4.99. The van der Waals surface area contributed by atoms with Crippen molar-refractivity contribution in [1.82, 2.24) is 4.90 Å². The van der Waals surface area contributed by atoms with Crippen molar-refractivity contribution < 1.29 is 4.74 Å². The van der Waals surface area contributed by atoms with Crippen LogP contribution in [0.4, 0.5) is 0 Å². The van der Waals surface area contributed by atoms with E-state index in [0.29, 0.717) is 6.54 Å². The van der Waals surface area contributed by atoms with Crippen LogP contribution in [0.25, 0.3) is 0 Å². The molecule has 0 aromatic heterocycles. The number of rotatable bonds is 5. The van der Waals surface area contributed by atoms with Crippen LogP contribution in [0.15, 0.2) is 0 Å². The molecule has 1 saturated carbocycles. The number of piperidine rings is 1. The van der Waals surface area contributed by atoms with Crippen LogP contribution >= 0.6 is 0 Å². The lowest BCUT2D eigenvalue weighted by atomic mass is 9.76. The first-order valence-electron chi connectivity index (χ1n) is 7.76. The highest BCUT2D eigenvalue weighted by molar-refractivity contribution is 4.97. The van der Waals surface area contributed by atoms with Crippen LogP contribution in [0, 0.1) is 5.92 Å². The van der Waals surface area contributed by atoms with Crippen LogP contribution in [-0.2, 0) is 4.74 Å². The van der Waals surface area contributed by atoms with Gasteiger partial charge in [-0.3, -0.25) is 4.90 Å². The fourth-order valence-corrected chi connectivity index (χ4v) is 3.88. The Morgan fingerprint density at radius 1 is 1.22 bits per heavy atom. The fraction of sp³-hybridized carbons (Fsp3) is 1.00. The number of fused-ring (bicyclic) bond motifs is 1. The SMILES string of the molecule is CCOCC(C)(CN)N1CCCC2CCCCC21. The predicted molar refractivity (Wildman–Crippen MR) is 75.6 cm³/mol. The molecule has 106 valence electrons. The van der Waals surface area contributed by atoms with Gasteiger partial charge in [-0.05, 0) is 52.0 Å². The minimum atomic E-state index is 0.0384. The van der Waals surface area contributed by atoms with Crippen LogP contribution in [0.2, 0.25) is 0 Å². The lowest BCUT2D eigenvalue weighted by Crippen LogP contribution is -2.62. The smallest absolute Gasteiger partial charge is 0.0660 e. The zero-order valence-electron chi connectivity index (χ0n) is 12.2. The van der Waals surface area contributed by atoms with Crippen molar-refractivity contribution >= 4 is 0 Å². The average Bonchev–Trinajstić information content (AvgIpc) is 2.44. The maximum atomic E-state index is 6.08. The molecule has 2 fully saturated rings. The van der Waals surface area contributed by atoms with E-state index in [9.17, 15) is 0 Å². The highest BCUT2D eigenvalue weighted by atomic mass is 16.5. The molecule has 3 nitrogen and oxygen atoms in total. The second-order valence-electron chi connectivity index (χ2n) is 6.29. The molecule has 1 saturated heterocycles. The van der Waals surface area contributed by atoms with Gasteiger partial charge in [0.1, 0.15) is 0 Å². The van der Waals surface area contributed by atoms with E-state index in [2.05, 4.69) is 18.7 Å². The average molecular weight is 254 g/mol. The minimum absolute atomic E-state index is 0.0384. The van der Waals surface area contributed by atoms with Crippen LogP contribution in [-0.4, -0.2) is 42.8 Å². The fourth-order valence-electron chi connectivity index (χ4n) is 3.88. The molecule has 3 heteroatoms. The molecule has 3 unspecified atom stereocenters. The zero-order chi connectivity index (χ0) is 13.0. The van der Waals surface area contributed by atoms with Crippen LogP contribution < -0.4 is 5.73 Å². The summed E-state index contributed by atoms with van der Waals surface area (Å²) in [4.78, 5) is 2.69. The van der Waals surface area contributed by atoms with E-state index < -0.39 is 0 Å². The van der Waals surface area contributed by atoms with Crippen LogP contribution in [0.3, 0.4) is 0 Å². The summed E-state index contributed by atoms with van der Waals surface area (Å²) in [6.45, 7) is 7.84. The van der Waals surface area contributed by atoms with Crippen molar-refractivity contribution in [2.75, 3.05) is 26.3 Å². The minimum Gasteiger partial charge on any atom is -0.380 e. The number of ether oxygens (including phenoxy) is 1. The van der Waals surface area contributed by atoms with Crippen molar-refractivity contribution in [3.8, 4) is 0 Å². The molecule has 3 atom stereocenters. The van der Waals surface area contributed by atoms with Gasteiger partial charge in [0.05, 0.1) is 12.1 Å². The van der Waals surface area contributed by atoms with Gasteiger partial charge < -0.3 is 10.5 Å². The summed E-state index contributed by atoms with van der Waals surface area (Å²) in [5, 5.41) is 0. The van der Waals surface area contributed by atoms with Gasteiger partial charge in [-0.25, -0.2) is 0 Å². The molecule has 1 heterocycles. The Bertz CT molecular complexity index is 257. The molecule has 2 rings (SSSR count). The van der Waals surface area contributed by atoms with E-state index in [1.807, 2.05) is 0 Å². The Morgan fingerprint density at radius 3 is 2.67 bits per heavy atom. The van der Waals surface area contributed by atoms with E-state index in [0.717, 1.165) is 25.2 Å². The molecule has 0 aromatic rings. The summed E-state index contributed by atoms with van der Waals surface area (Å²) in [7, 11) is 0. The van der Waals surface area contributed by atoms with Gasteiger partial charge in [-0.15, -0.1) is 0 Å². The predicted octanol–water partition coefficient (Wildman–Crippen LogP) is 2.39. The number of hydrogen-bond acceptors (Lipinski definition) is 3. The number of hydrogen-bond donors (Lipinski definition) is 1. The van der Waals surface area contributed by atoms with Crippen molar-refractivity contribution in [3.63, 3.8) is 0 Å². The first-order valence-corrected chi connectivity index (χ1v) is 7.76. The van der Waals surface area contributed by atoms with Crippen molar-refractivity contribution in [2.24, 2.45) is 11.7 Å². The third-order valence-electron chi connectivity index (χ3n) is 4.99. The number of nitrogens with two attached hydrogens (primary N) is 1. The Balaban J connectivity index is 2.07. The Kier molecular flexibility index (Phi) is 5.05. The van der Waals surface area contributed by atoms with Gasteiger partial charge in [0.25, 0.3) is 0 Å². The summed E-state index contributed by atoms with van der Waals surface area (Å²) >= 11 is 0. The highest BCUT2D eigenvalue weighted by Gasteiger charge is 2.41. The lowest BCUT2D eigenvalue weighted by molar-refractivity contribution is -0.0568. The molecule has 0 radical (unpaired) electrons. The molecule has 0 spiro atoms. The first kappa shape index (κ1) is 14.3. The van der Waals surface area contributed by atoms with Crippen LogP contribution in [0.5, 0.6) is 0 Å². The summed E-state index contributed by atoms with van der Waals surface area (Å²) in [5.74, 6) is 0.917. The van der Waals surface area contributed by atoms with Gasteiger partial charge >= 0.3 is 0 Å². The maximum Gasteiger partial charge on any atom is 0.0660 e. The number of likely N-dealkylation sites (tertiary alicyclic amines) is 1. The van der Waals surface area contributed by atoms with Crippen LogP contribution in [0.1, 0.15) is 52.4 Å². The first-order chi connectivity index (χ1) is 8.71. The zero-order valence-corrected chi connectivity index (χ0v) is 12.2. The summed E-state index contributed by atoms with van der Waals surface area (Å²) in [5.41, 5.74) is 6.12. The standard InChI is InChI=1S/C15H30N2O/c1-3-18-12-15(2,11-16)17-10-6-8-13-7-4-5-9-14(13)17/h13-14H,3-12,16H2,1-2H3. The topological polar surface area (TPSA) is 38.5 Å². The largest absolute Gasteiger partial charge is 0.380 e. The second kappa shape index (κ2) is 6.36. The van der Waals surface area contributed by atoms with E-state index in [1.165, 1.54) is 45.1 Å². The molecule has 2 aliphatic rings. The van der Waals surface area contributed by atoms with Crippen molar-refractivity contribution in [3.05, 3.63) is 0 Å². The molecule has 0 aromatic carbocycles. The molecule has 2 N–H and O–H groups in total. The van der Waals surface area contributed by atoms with Gasteiger partial charge in [0.2, 0.25) is 0 Å². The normalized spacial score (nSPS) is 32.8. The van der Waals surface area contributed by atoms with Gasteiger partial charge in [-0.2, -0.15) is 0 Å². The summed E-state index contributed by atoms with van der Waals surface area (Å²) < 4.78 is 5.70. The lowest BCUT2D eigenvalue weighted by Gasteiger charge is -2.52.